The van der Waals surface area contributed by atoms with Crippen molar-refractivity contribution < 1.29 is 4.79 Å². The predicted octanol–water partition coefficient (Wildman–Crippen LogP) is 2.85. The number of nitrogens with zero attached hydrogens (tertiary/aromatic N) is 2. The van der Waals surface area contributed by atoms with Crippen LogP contribution in [0.4, 0.5) is 0 Å². The van der Waals surface area contributed by atoms with Crippen LogP contribution < -0.4 is 0 Å². The smallest absolute Gasteiger partial charge is 0.158 e. The van der Waals surface area contributed by atoms with Gasteiger partial charge in [-0.25, -0.2) is 0 Å². The van der Waals surface area contributed by atoms with Crippen molar-refractivity contribution in [3.8, 4) is 0 Å². The average Bonchev–Trinajstić information content (AvgIpc) is 2.66. The van der Waals surface area contributed by atoms with E-state index < -0.39 is 0 Å². The maximum Gasteiger partial charge on any atom is 0.158 e. The molecule has 0 radical (unpaired) electrons. The van der Waals surface area contributed by atoms with E-state index in [4.69, 9.17) is 0 Å². The Morgan fingerprint density at radius 2 is 1.89 bits per heavy atom. The van der Waals surface area contributed by atoms with Gasteiger partial charge in [0.1, 0.15) is 0 Å². The van der Waals surface area contributed by atoms with Crippen molar-refractivity contribution >= 4 is 5.78 Å². The Balaban J connectivity index is 2.16. The number of pyridine rings is 1. The lowest BCUT2D eigenvalue weighted by atomic mass is 9.82. The van der Waals surface area contributed by atoms with Crippen LogP contribution in [-0.2, 0) is 11.2 Å². The topological polar surface area (TPSA) is 33.2 Å². The van der Waals surface area contributed by atoms with Crippen LogP contribution in [0.1, 0.15) is 44.2 Å². The van der Waals surface area contributed by atoms with Gasteiger partial charge in [0.2, 0.25) is 0 Å². The third-order valence-corrected chi connectivity index (χ3v) is 4.37. The third-order valence-electron chi connectivity index (χ3n) is 4.37. The Morgan fingerprint density at radius 3 is 2.42 bits per heavy atom. The fourth-order valence-corrected chi connectivity index (χ4v) is 3.12. The van der Waals surface area contributed by atoms with Crippen LogP contribution in [0.15, 0.2) is 24.4 Å². The van der Waals surface area contributed by atoms with Gasteiger partial charge < -0.3 is 0 Å². The quantitative estimate of drug-likeness (QED) is 0.780. The molecule has 1 heterocycles. The molecule has 0 amide bonds. The average molecular weight is 260 g/mol. The molecule has 1 aromatic heterocycles. The van der Waals surface area contributed by atoms with Crippen molar-refractivity contribution in [2.24, 2.45) is 0 Å². The summed E-state index contributed by atoms with van der Waals surface area (Å²) in [7, 11) is 4.09. The summed E-state index contributed by atoms with van der Waals surface area (Å²) in [6.45, 7) is 0. The maximum atomic E-state index is 12.8. The second kappa shape index (κ2) is 6.29. The molecule has 0 atom stereocenters. The molecule has 1 saturated carbocycles. The second-order valence-electron chi connectivity index (χ2n) is 5.76. The van der Waals surface area contributed by atoms with Gasteiger partial charge in [-0.3, -0.25) is 14.7 Å². The van der Waals surface area contributed by atoms with Gasteiger partial charge in [0, 0.05) is 11.9 Å². The zero-order valence-electron chi connectivity index (χ0n) is 12.1. The summed E-state index contributed by atoms with van der Waals surface area (Å²) in [4.78, 5) is 19.2. The summed E-state index contributed by atoms with van der Waals surface area (Å²) >= 11 is 0. The third kappa shape index (κ3) is 3.21. The number of hydrogen-bond donors (Lipinski definition) is 0. The minimum absolute atomic E-state index is 0.270. The van der Waals surface area contributed by atoms with Crippen molar-refractivity contribution in [3.63, 3.8) is 0 Å². The van der Waals surface area contributed by atoms with Crippen LogP contribution in [0.5, 0.6) is 0 Å². The first kappa shape index (κ1) is 14.2. The summed E-state index contributed by atoms with van der Waals surface area (Å²) in [5.41, 5.74) is 0.617. The Kier molecular flexibility index (Phi) is 4.70. The van der Waals surface area contributed by atoms with E-state index in [1.54, 1.807) is 6.20 Å². The molecule has 0 spiro atoms. The molecule has 0 unspecified atom stereocenters. The number of carbonyl (C=O) groups excluding carboxylic acids is 1. The summed E-state index contributed by atoms with van der Waals surface area (Å²) in [6.07, 6.45) is 9.03. The molecule has 1 aliphatic carbocycles. The van der Waals surface area contributed by atoms with Gasteiger partial charge in [0.25, 0.3) is 0 Å². The zero-order valence-corrected chi connectivity index (χ0v) is 12.1. The Bertz CT molecular complexity index is 406. The SMILES string of the molecule is CN(C)C1(C(=O)Cc2ccccn2)CCCCCC1. The lowest BCUT2D eigenvalue weighted by Crippen LogP contribution is -2.51. The number of ketones is 1. The van der Waals surface area contributed by atoms with Gasteiger partial charge in [-0.2, -0.15) is 0 Å². The van der Waals surface area contributed by atoms with Crippen LogP contribution in [-0.4, -0.2) is 35.3 Å². The van der Waals surface area contributed by atoms with Crippen LogP contribution in [0.25, 0.3) is 0 Å². The first-order chi connectivity index (χ1) is 9.15. The van der Waals surface area contributed by atoms with Crippen LogP contribution in [0.3, 0.4) is 0 Å². The van der Waals surface area contributed by atoms with E-state index in [-0.39, 0.29) is 5.54 Å². The monoisotopic (exact) mass is 260 g/mol. The largest absolute Gasteiger partial charge is 0.297 e. The van der Waals surface area contributed by atoms with Crippen LogP contribution in [0, 0.1) is 0 Å². The molecular formula is C16H24N2O. The lowest BCUT2D eigenvalue weighted by Gasteiger charge is -2.38. The summed E-state index contributed by atoms with van der Waals surface area (Å²) < 4.78 is 0. The molecule has 0 aromatic carbocycles. The van der Waals surface area contributed by atoms with Gasteiger partial charge in [-0.05, 0) is 39.1 Å². The lowest BCUT2D eigenvalue weighted by molar-refractivity contribution is -0.130. The van der Waals surface area contributed by atoms with E-state index in [0.717, 1.165) is 31.4 Å². The normalized spacial score (nSPS) is 19.1. The number of likely N-dealkylation sites (N-methyl/N-ethyl adjacent to an activating group) is 1. The molecule has 2 rings (SSSR count). The number of carbonyl (C=O) groups is 1. The molecule has 1 aliphatic rings. The van der Waals surface area contributed by atoms with Gasteiger partial charge >= 0.3 is 0 Å². The molecule has 0 N–H and O–H groups in total. The van der Waals surface area contributed by atoms with Gasteiger partial charge in [-0.1, -0.05) is 31.7 Å². The number of hydrogen-bond acceptors (Lipinski definition) is 3. The van der Waals surface area contributed by atoms with Gasteiger partial charge in [0.15, 0.2) is 5.78 Å². The van der Waals surface area contributed by atoms with E-state index in [9.17, 15) is 4.79 Å². The molecule has 3 nitrogen and oxygen atoms in total. The molecule has 104 valence electrons. The van der Waals surface area contributed by atoms with Crippen molar-refractivity contribution in [3.05, 3.63) is 30.1 Å². The molecule has 0 saturated heterocycles. The standard InChI is InChI=1S/C16H24N2O/c1-18(2)16(10-6-3-4-7-11-16)15(19)13-14-9-5-8-12-17-14/h5,8-9,12H,3-4,6-7,10-11,13H2,1-2H3. The molecule has 3 heteroatoms. The molecule has 0 aliphatic heterocycles. The first-order valence-corrected chi connectivity index (χ1v) is 7.26. The summed E-state index contributed by atoms with van der Waals surface area (Å²) in [5.74, 6) is 0.332. The van der Waals surface area contributed by atoms with Crippen LogP contribution in [0.2, 0.25) is 0 Å². The zero-order chi connectivity index (χ0) is 13.7. The van der Waals surface area contributed by atoms with E-state index in [1.165, 1.54) is 12.8 Å². The molecule has 19 heavy (non-hydrogen) atoms. The van der Waals surface area contributed by atoms with E-state index in [2.05, 4.69) is 9.88 Å². The Morgan fingerprint density at radius 1 is 1.21 bits per heavy atom. The Labute approximate surface area is 116 Å². The molecule has 1 aromatic rings. The summed E-state index contributed by atoms with van der Waals surface area (Å²) in [6, 6.07) is 5.78. The summed E-state index contributed by atoms with van der Waals surface area (Å²) in [5, 5.41) is 0. The molecule has 1 fully saturated rings. The van der Waals surface area contributed by atoms with Crippen molar-refractivity contribution in [1.82, 2.24) is 9.88 Å². The Hall–Kier alpha value is -1.22. The molecule has 0 bridgehead atoms. The van der Waals surface area contributed by atoms with Gasteiger partial charge in [-0.15, -0.1) is 0 Å². The molecular weight excluding hydrogens is 236 g/mol. The van der Waals surface area contributed by atoms with Crippen LogP contribution >= 0.6 is 0 Å². The van der Waals surface area contributed by atoms with E-state index >= 15 is 0 Å². The highest BCUT2D eigenvalue weighted by Crippen LogP contribution is 2.32. The number of rotatable bonds is 4. The van der Waals surface area contributed by atoms with E-state index in [1.807, 2.05) is 32.3 Å². The highest BCUT2D eigenvalue weighted by molar-refractivity contribution is 5.90. The van der Waals surface area contributed by atoms with Crippen molar-refractivity contribution in [1.29, 1.82) is 0 Å². The van der Waals surface area contributed by atoms with E-state index in [0.29, 0.717) is 12.2 Å². The maximum absolute atomic E-state index is 12.8. The first-order valence-electron chi connectivity index (χ1n) is 7.26. The van der Waals surface area contributed by atoms with Gasteiger partial charge in [0.05, 0.1) is 12.0 Å². The number of Topliss-reactive ketones (excluding diaryl/α,β-unsaturated/α-hetero) is 1. The highest BCUT2D eigenvalue weighted by Gasteiger charge is 2.39. The predicted molar refractivity (Wildman–Crippen MR) is 77.1 cm³/mol. The highest BCUT2D eigenvalue weighted by atomic mass is 16.1. The second-order valence-corrected chi connectivity index (χ2v) is 5.76. The fraction of sp³-hybridized carbons (Fsp3) is 0.625. The fourth-order valence-electron chi connectivity index (χ4n) is 3.12. The number of aromatic nitrogens is 1. The van der Waals surface area contributed by atoms with Crippen molar-refractivity contribution in [2.75, 3.05) is 14.1 Å². The minimum Gasteiger partial charge on any atom is -0.297 e. The minimum atomic E-state index is -0.270. The van der Waals surface area contributed by atoms with Crippen molar-refractivity contribution in [2.45, 2.75) is 50.5 Å².